The minimum absolute atomic E-state index is 0.440. The predicted molar refractivity (Wildman–Crippen MR) is 199 cm³/mol. The smallest absolute Gasteiger partial charge is 0.138 e. The molecular formula is C46H28N2S. The second-order valence-corrected chi connectivity index (χ2v) is 14.2. The molecule has 7 aromatic carbocycles. The summed E-state index contributed by atoms with van der Waals surface area (Å²) in [5, 5.41) is 11.4. The van der Waals surface area contributed by atoms with Crippen molar-refractivity contribution in [1.29, 1.82) is 0 Å². The minimum Gasteiger partial charge on any atom is -0.138 e. The molecule has 0 bridgehead atoms. The van der Waals surface area contributed by atoms with Crippen LogP contribution in [0.15, 0.2) is 170 Å². The molecule has 11 rings (SSSR count). The van der Waals surface area contributed by atoms with Crippen LogP contribution in [0.5, 0.6) is 0 Å². The number of benzene rings is 7. The van der Waals surface area contributed by atoms with E-state index in [0.717, 1.165) is 21.1 Å². The highest BCUT2D eigenvalue weighted by Gasteiger charge is 2.59. The zero-order valence-electron chi connectivity index (χ0n) is 26.5. The van der Waals surface area contributed by atoms with E-state index in [1.165, 1.54) is 66.8 Å². The van der Waals surface area contributed by atoms with Crippen molar-refractivity contribution < 1.29 is 0 Å². The average molecular weight is 641 g/mol. The van der Waals surface area contributed by atoms with E-state index in [9.17, 15) is 0 Å². The van der Waals surface area contributed by atoms with Crippen molar-refractivity contribution in [3.8, 4) is 43.4 Å². The molecular weight excluding hydrogens is 613 g/mol. The molecule has 2 nitrogen and oxygen atoms in total. The lowest BCUT2D eigenvalue weighted by molar-refractivity contribution is 0.633. The van der Waals surface area contributed by atoms with E-state index in [1.54, 1.807) is 11.3 Å². The van der Waals surface area contributed by atoms with E-state index in [1.807, 2.05) is 6.07 Å². The van der Waals surface area contributed by atoms with Crippen molar-refractivity contribution in [2.75, 3.05) is 0 Å². The van der Waals surface area contributed by atoms with E-state index in [-0.39, 0.29) is 0 Å². The highest BCUT2D eigenvalue weighted by Crippen LogP contribution is 2.67. The zero-order valence-corrected chi connectivity index (χ0v) is 27.3. The van der Waals surface area contributed by atoms with E-state index < -0.39 is 10.8 Å². The van der Waals surface area contributed by atoms with Gasteiger partial charge in [0.15, 0.2) is 0 Å². The van der Waals surface area contributed by atoms with Gasteiger partial charge in [0.2, 0.25) is 0 Å². The van der Waals surface area contributed by atoms with Gasteiger partial charge in [0, 0.05) is 11.1 Å². The maximum atomic E-state index is 4.81. The first-order valence-electron chi connectivity index (χ1n) is 16.8. The Labute approximate surface area is 289 Å². The topological polar surface area (TPSA) is 25.8 Å². The summed E-state index contributed by atoms with van der Waals surface area (Å²) in [6.07, 6.45) is 0. The first-order valence-corrected chi connectivity index (χ1v) is 17.7. The highest BCUT2D eigenvalue weighted by atomic mass is 32.1. The van der Waals surface area contributed by atoms with Crippen molar-refractivity contribution in [3.63, 3.8) is 0 Å². The first-order chi connectivity index (χ1) is 24.3. The van der Waals surface area contributed by atoms with Crippen molar-refractivity contribution in [3.05, 3.63) is 214 Å². The fraction of sp³-hybridized carbons (Fsp3) is 0.0435. The lowest BCUT2D eigenvalue weighted by Gasteiger charge is -2.48. The van der Waals surface area contributed by atoms with Crippen LogP contribution >= 0.6 is 11.3 Å². The summed E-state index contributed by atoms with van der Waals surface area (Å²) >= 11 is 1.66. The second-order valence-electron chi connectivity index (χ2n) is 13.2. The SMILES string of the molecule is c1ccc(-c2nnc(-c3cccc4c3-c3ccccc3C43c4ccccc4C4(c5ccccc5-c5ccccc54)c4ccccc43)s2)cc1. The van der Waals surface area contributed by atoms with Gasteiger partial charge < -0.3 is 0 Å². The van der Waals surface area contributed by atoms with Gasteiger partial charge in [-0.3, -0.25) is 0 Å². The van der Waals surface area contributed by atoms with Crippen molar-refractivity contribution in [2.24, 2.45) is 0 Å². The maximum absolute atomic E-state index is 4.81. The molecule has 228 valence electrons. The van der Waals surface area contributed by atoms with Crippen LogP contribution in [0.1, 0.15) is 44.5 Å². The molecule has 3 heteroatoms. The molecule has 0 aliphatic heterocycles. The summed E-state index contributed by atoms with van der Waals surface area (Å²) in [4.78, 5) is 0. The van der Waals surface area contributed by atoms with Crippen molar-refractivity contribution in [1.82, 2.24) is 10.2 Å². The van der Waals surface area contributed by atoms with Crippen molar-refractivity contribution in [2.45, 2.75) is 10.8 Å². The molecule has 49 heavy (non-hydrogen) atoms. The Kier molecular flexibility index (Phi) is 5.43. The number of hydrogen-bond donors (Lipinski definition) is 0. The van der Waals surface area contributed by atoms with E-state index in [4.69, 9.17) is 5.10 Å². The Hall–Kier alpha value is -5.90. The van der Waals surface area contributed by atoms with Gasteiger partial charge in [-0.15, -0.1) is 10.2 Å². The second kappa shape index (κ2) is 9.82. The molecule has 0 atom stereocenters. The van der Waals surface area contributed by atoms with E-state index in [2.05, 4.69) is 169 Å². The Morgan fingerprint density at radius 1 is 0.306 bits per heavy atom. The fourth-order valence-electron chi connectivity index (χ4n) is 9.50. The van der Waals surface area contributed by atoms with Gasteiger partial charge in [0.05, 0.1) is 10.8 Å². The van der Waals surface area contributed by atoms with Gasteiger partial charge in [-0.05, 0) is 66.8 Å². The summed E-state index contributed by atoms with van der Waals surface area (Å²) in [6.45, 7) is 0. The van der Waals surface area contributed by atoms with Gasteiger partial charge in [-0.1, -0.05) is 181 Å². The monoisotopic (exact) mass is 640 g/mol. The molecule has 2 spiro atoms. The first kappa shape index (κ1) is 27.1. The van der Waals surface area contributed by atoms with Gasteiger partial charge >= 0.3 is 0 Å². The third-order valence-electron chi connectivity index (χ3n) is 11.2. The summed E-state index contributed by atoms with van der Waals surface area (Å²) < 4.78 is 0. The molecule has 3 aliphatic carbocycles. The Morgan fingerprint density at radius 3 is 1.27 bits per heavy atom. The molecule has 0 saturated carbocycles. The molecule has 0 radical (unpaired) electrons. The number of hydrogen-bond acceptors (Lipinski definition) is 3. The minimum atomic E-state index is -0.514. The van der Waals surface area contributed by atoms with Crippen LogP contribution in [0.2, 0.25) is 0 Å². The van der Waals surface area contributed by atoms with Crippen LogP contribution in [-0.4, -0.2) is 10.2 Å². The number of nitrogens with zero attached hydrogens (tertiary/aromatic N) is 2. The molecule has 8 aromatic rings. The molecule has 0 unspecified atom stereocenters. The van der Waals surface area contributed by atoms with Crippen LogP contribution in [0.4, 0.5) is 0 Å². The number of aromatic nitrogens is 2. The maximum Gasteiger partial charge on any atom is 0.148 e. The van der Waals surface area contributed by atoms with Crippen molar-refractivity contribution >= 4 is 11.3 Å². The summed E-state index contributed by atoms with van der Waals surface area (Å²) in [7, 11) is 0. The van der Waals surface area contributed by atoms with Gasteiger partial charge in [-0.2, -0.15) is 0 Å². The normalized spacial score (nSPS) is 14.9. The summed E-state index contributed by atoms with van der Waals surface area (Å²) in [6, 6.07) is 62.8. The Balaban J connectivity index is 1.26. The van der Waals surface area contributed by atoms with Gasteiger partial charge in [-0.25, -0.2) is 0 Å². The largest absolute Gasteiger partial charge is 0.148 e. The zero-order chi connectivity index (χ0) is 32.2. The lowest BCUT2D eigenvalue weighted by Crippen LogP contribution is -2.43. The number of rotatable bonds is 2. The molecule has 0 saturated heterocycles. The fourth-order valence-corrected chi connectivity index (χ4v) is 10.4. The van der Waals surface area contributed by atoms with Crippen LogP contribution in [0.25, 0.3) is 43.4 Å². The molecule has 0 fully saturated rings. The predicted octanol–water partition coefficient (Wildman–Crippen LogP) is 10.9. The summed E-state index contributed by atoms with van der Waals surface area (Å²) in [5.74, 6) is 0. The van der Waals surface area contributed by atoms with E-state index >= 15 is 0 Å². The van der Waals surface area contributed by atoms with Crippen LogP contribution in [0.3, 0.4) is 0 Å². The Bertz CT molecular complexity index is 2540. The molecule has 0 N–H and O–H groups in total. The standard InChI is InChI=1S/C46H28N2S/c1-2-15-29(16-3-1)43-47-48-44(49-43)33-20-14-28-41-42(33)32-19-6-9-23-36(32)46(41)39-26-12-10-24-37(39)45(38-25-11-13-27-40(38)46)34-21-7-4-17-30(34)31-18-5-8-22-35(31)45/h1-28H. The van der Waals surface area contributed by atoms with Crippen LogP contribution < -0.4 is 0 Å². The molecule has 1 heterocycles. The lowest BCUT2D eigenvalue weighted by atomic mass is 9.52. The average Bonchev–Trinajstić information content (AvgIpc) is 3.87. The van der Waals surface area contributed by atoms with Gasteiger partial charge in [0.25, 0.3) is 0 Å². The van der Waals surface area contributed by atoms with Crippen LogP contribution in [-0.2, 0) is 10.8 Å². The summed E-state index contributed by atoms with van der Waals surface area (Å²) in [5.41, 5.74) is 17.1. The number of fused-ring (bicyclic) bond motifs is 16. The molecule has 1 aromatic heterocycles. The Morgan fingerprint density at radius 2 is 0.694 bits per heavy atom. The van der Waals surface area contributed by atoms with Crippen LogP contribution in [0, 0.1) is 0 Å². The molecule has 3 aliphatic rings. The third-order valence-corrected chi connectivity index (χ3v) is 12.2. The van der Waals surface area contributed by atoms with E-state index in [0.29, 0.717) is 0 Å². The van der Waals surface area contributed by atoms with Gasteiger partial charge in [0.1, 0.15) is 10.0 Å². The molecule has 0 amide bonds. The third kappa shape index (κ3) is 3.26. The quantitative estimate of drug-likeness (QED) is 0.188. The highest BCUT2D eigenvalue weighted by molar-refractivity contribution is 7.18.